The monoisotopic (exact) mass is 366 g/mol. The number of carbonyl (C=O) groups excluding carboxylic acids is 1. The van der Waals surface area contributed by atoms with Gasteiger partial charge in [0.1, 0.15) is 28.9 Å². The highest BCUT2D eigenvalue weighted by Crippen LogP contribution is 2.44. The molecule has 2 N–H and O–H groups in total. The van der Waals surface area contributed by atoms with Gasteiger partial charge in [0.15, 0.2) is 5.78 Å². The molecule has 4 rings (SSSR count). The molecular formula is C20H15ClN2O3. The number of hydrogen-bond acceptors (Lipinski definition) is 5. The third kappa shape index (κ3) is 2.69. The third-order valence-electron chi connectivity index (χ3n) is 4.64. The number of nitrogens with two attached hydrogens (primary N) is 1. The molecule has 1 atom stereocenters. The van der Waals surface area contributed by atoms with E-state index in [1.54, 1.807) is 18.2 Å². The van der Waals surface area contributed by atoms with E-state index in [1.807, 2.05) is 18.2 Å². The summed E-state index contributed by atoms with van der Waals surface area (Å²) in [4.78, 5) is 12.5. The van der Waals surface area contributed by atoms with Crippen LogP contribution in [0.25, 0.3) is 11.3 Å². The lowest BCUT2D eigenvalue weighted by molar-refractivity contribution is -0.116. The van der Waals surface area contributed by atoms with Crippen LogP contribution >= 0.6 is 11.6 Å². The molecule has 0 saturated carbocycles. The number of nitrogens with zero attached hydrogens (tertiary/aromatic N) is 1. The summed E-state index contributed by atoms with van der Waals surface area (Å²) in [5, 5.41) is 10.2. The lowest BCUT2D eigenvalue weighted by Crippen LogP contribution is -2.27. The Morgan fingerprint density at radius 3 is 2.65 bits per heavy atom. The second-order valence-corrected chi connectivity index (χ2v) is 6.68. The zero-order chi connectivity index (χ0) is 18.3. The van der Waals surface area contributed by atoms with Crippen molar-refractivity contribution >= 4 is 17.4 Å². The Labute approximate surface area is 155 Å². The number of nitriles is 1. The van der Waals surface area contributed by atoms with Crippen molar-refractivity contribution in [1.29, 1.82) is 5.26 Å². The van der Waals surface area contributed by atoms with Gasteiger partial charge in [-0.05, 0) is 42.8 Å². The fourth-order valence-corrected chi connectivity index (χ4v) is 3.54. The van der Waals surface area contributed by atoms with E-state index in [2.05, 4.69) is 6.07 Å². The topological polar surface area (TPSA) is 89.3 Å². The second-order valence-electron chi connectivity index (χ2n) is 6.25. The minimum absolute atomic E-state index is 0.0269. The van der Waals surface area contributed by atoms with Crippen LogP contribution in [0.2, 0.25) is 5.02 Å². The Morgan fingerprint density at radius 2 is 1.92 bits per heavy atom. The molecule has 0 saturated heterocycles. The molecule has 1 aromatic heterocycles. The van der Waals surface area contributed by atoms with Crippen molar-refractivity contribution in [3.63, 3.8) is 0 Å². The van der Waals surface area contributed by atoms with Crippen LogP contribution in [0.1, 0.15) is 30.9 Å². The van der Waals surface area contributed by atoms with Crippen LogP contribution in [0, 0.1) is 11.3 Å². The van der Waals surface area contributed by atoms with Gasteiger partial charge >= 0.3 is 0 Å². The van der Waals surface area contributed by atoms with E-state index in [4.69, 9.17) is 26.5 Å². The first-order valence-electron chi connectivity index (χ1n) is 8.28. The number of Topliss-reactive ketones (excluding diaryl/α,β-unsaturated/α-hetero) is 1. The van der Waals surface area contributed by atoms with Crippen molar-refractivity contribution < 1.29 is 13.9 Å². The van der Waals surface area contributed by atoms with Crippen LogP contribution in [0.3, 0.4) is 0 Å². The summed E-state index contributed by atoms with van der Waals surface area (Å²) in [7, 11) is 0. The SMILES string of the molecule is N#CC1=C(N)OC2=C(C(=O)CCC2)[C@H]1c1ccc(-c2ccc(Cl)cc2)o1. The lowest BCUT2D eigenvalue weighted by atomic mass is 9.80. The number of allylic oxidation sites excluding steroid dienone is 3. The molecule has 0 fully saturated rings. The van der Waals surface area contributed by atoms with Crippen molar-refractivity contribution in [3.8, 4) is 17.4 Å². The van der Waals surface area contributed by atoms with E-state index in [9.17, 15) is 10.1 Å². The van der Waals surface area contributed by atoms with Crippen molar-refractivity contribution in [1.82, 2.24) is 0 Å². The molecule has 5 nitrogen and oxygen atoms in total. The number of hydrogen-bond donors (Lipinski definition) is 1. The molecule has 1 aliphatic carbocycles. The average Bonchev–Trinajstić information content (AvgIpc) is 3.11. The van der Waals surface area contributed by atoms with Gasteiger partial charge in [-0.15, -0.1) is 0 Å². The number of carbonyl (C=O) groups is 1. The molecule has 6 heteroatoms. The summed E-state index contributed by atoms with van der Waals surface area (Å²) in [5.74, 6) is 1.06. The maximum atomic E-state index is 12.5. The summed E-state index contributed by atoms with van der Waals surface area (Å²) < 4.78 is 11.6. The number of ketones is 1. The van der Waals surface area contributed by atoms with Gasteiger partial charge in [0, 0.05) is 29.0 Å². The van der Waals surface area contributed by atoms with Gasteiger partial charge in [0.2, 0.25) is 5.88 Å². The highest BCUT2D eigenvalue weighted by molar-refractivity contribution is 6.30. The van der Waals surface area contributed by atoms with Crippen molar-refractivity contribution in [2.24, 2.45) is 5.73 Å². The minimum Gasteiger partial charge on any atom is -0.460 e. The quantitative estimate of drug-likeness (QED) is 0.849. The first kappa shape index (κ1) is 16.5. The molecule has 2 aliphatic rings. The molecular weight excluding hydrogens is 352 g/mol. The highest BCUT2D eigenvalue weighted by Gasteiger charge is 2.39. The van der Waals surface area contributed by atoms with Crippen LogP contribution in [-0.2, 0) is 9.53 Å². The van der Waals surface area contributed by atoms with E-state index in [-0.39, 0.29) is 17.2 Å². The van der Waals surface area contributed by atoms with Crippen molar-refractivity contribution in [2.75, 3.05) is 0 Å². The van der Waals surface area contributed by atoms with Crippen LogP contribution in [0.4, 0.5) is 0 Å². The number of rotatable bonds is 2. The Hall–Kier alpha value is -2.97. The molecule has 0 unspecified atom stereocenters. The Kier molecular flexibility index (Phi) is 4.06. The van der Waals surface area contributed by atoms with E-state index in [1.165, 1.54) is 0 Å². The first-order chi connectivity index (χ1) is 12.6. The van der Waals surface area contributed by atoms with Crippen molar-refractivity contribution in [2.45, 2.75) is 25.2 Å². The fourth-order valence-electron chi connectivity index (χ4n) is 3.42. The molecule has 1 aliphatic heterocycles. The molecule has 2 aromatic rings. The number of ether oxygens (including phenoxy) is 1. The minimum atomic E-state index is -0.627. The Bertz CT molecular complexity index is 993. The molecule has 1 aromatic carbocycles. The normalized spacial score (nSPS) is 19.8. The Balaban J connectivity index is 1.80. The molecule has 2 heterocycles. The van der Waals surface area contributed by atoms with Gasteiger partial charge in [-0.25, -0.2) is 0 Å². The van der Waals surface area contributed by atoms with E-state index >= 15 is 0 Å². The van der Waals surface area contributed by atoms with Crippen LogP contribution in [-0.4, -0.2) is 5.78 Å². The molecule has 130 valence electrons. The zero-order valence-electron chi connectivity index (χ0n) is 13.8. The van der Waals surface area contributed by atoms with Gasteiger partial charge in [0.25, 0.3) is 0 Å². The molecule has 26 heavy (non-hydrogen) atoms. The lowest BCUT2D eigenvalue weighted by Gasteiger charge is -2.29. The molecule has 0 amide bonds. The maximum absolute atomic E-state index is 12.5. The summed E-state index contributed by atoms with van der Waals surface area (Å²) in [6, 6.07) is 12.9. The number of furan rings is 1. The predicted octanol–water partition coefficient (Wildman–Crippen LogP) is 4.41. The molecule has 0 radical (unpaired) electrons. The second kappa shape index (κ2) is 6.40. The summed E-state index contributed by atoms with van der Waals surface area (Å²) in [6.45, 7) is 0. The van der Waals surface area contributed by atoms with Crippen molar-refractivity contribution in [3.05, 3.63) is 70.0 Å². The smallest absolute Gasteiger partial charge is 0.205 e. The van der Waals surface area contributed by atoms with Gasteiger partial charge in [0.05, 0.1) is 5.92 Å². The largest absolute Gasteiger partial charge is 0.460 e. The van der Waals surface area contributed by atoms with E-state index in [0.29, 0.717) is 47.1 Å². The molecule has 0 bridgehead atoms. The number of halogens is 1. The third-order valence-corrected chi connectivity index (χ3v) is 4.90. The number of benzene rings is 1. The van der Waals surface area contributed by atoms with E-state index < -0.39 is 5.92 Å². The fraction of sp³-hybridized carbons (Fsp3) is 0.200. The van der Waals surface area contributed by atoms with Gasteiger partial charge in [-0.2, -0.15) is 5.26 Å². The van der Waals surface area contributed by atoms with Crippen LogP contribution < -0.4 is 5.73 Å². The summed E-state index contributed by atoms with van der Waals surface area (Å²) >= 11 is 5.93. The standard InChI is InChI=1S/C20H15ClN2O3/c21-12-6-4-11(5-7-12)15-8-9-17(25-15)18-13(10-22)20(23)26-16-3-1-2-14(24)19(16)18/h4-9,18H,1-3,23H2/t18-/m1/s1. The zero-order valence-corrected chi connectivity index (χ0v) is 14.5. The highest BCUT2D eigenvalue weighted by atomic mass is 35.5. The van der Waals surface area contributed by atoms with Gasteiger partial charge < -0.3 is 14.9 Å². The Morgan fingerprint density at radius 1 is 1.15 bits per heavy atom. The van der Waals surface area contributed by atoms with E-state index in [0.717, 1.165) is 5.56 Å². The average molecular weight is 367 g/mol. The summed E-state index contributed by atoms with van der Waals surface area (Å²) in [5.41, 5.74) is 7.48. The van der Waals surface area contributed by atoms with Crippen LogP contribution in [0.15, 0.2) is 63.6 Å². The predicted molar refractivity (Wildman–Crippen MR) is 95.7 cm³/mol. The van der Waals surface area contributed by atoms with Crippen LogP contribution in [0.5, 0.6) is 0 Å². The van der Waals surface area contributed by atoms with Gasteiger partial charge in [-0.1, -0.05) is 11.6 Å². The van der Waals surface area contributed by atoms with Gasteiger partial charge in [-0.3, -0.25) is 4.79 Å². The maximum Gasteiger partial charge on any atom is 0.205 e. The molecule has 0 spiro atoms. The summed E-state index contributed by atoms with van der Waals surface area (Å²) in [6.07, 6.45) is 1.78. The first-order valence-corrected chi connectivity index (χ1v) is 8.66.